The number of likely N-dealkylation sites (N-methyl/N-ethyl adjacent to an activating group) is 1. The van der Waals surface area contributed by atoms with Crippen LogP contribution in [0.4, 0.5) is 0 Å². The van der Waals surface area contributed by atoms with E-state index in [9.17, 15) is 19.0 Å². The number of phosphoric acid groups is 1. The number of carbonyl (C=O) groups is 2. The van der Waals surface area contributed by atoms with Crippen molar-refractivity contribution in [3.05, 3.63) is 24.3 Å². The van der Waals surface area contributed by atoms with Crippen LogP contribution in [0.3, 0.4) is 0 Å². The highest BCUT2D eigenvalue weighted by molar-refractivity contribution is 7.47. The minimum atomic E-state index is -4.38. The molecule has 2 atom stereocenters. The zero-order chi connectivity index (χ0) is 47.8. The van der Waals surface area contributed by atoms with Crippen molar-refractivity contribution in [1.29, 1.82) is 0 Å². The summed E-state index contributed by atoms with van der Waals surface area (Å²) >= 11 is 0. The van der Waals surface area contributed by atoms with Gasteiger partial charge in [-0.1, -0.05) is 212 Å². The van der Waals surface area contributed by atoms with Crippen molar-refractivity contribution in [2.75, 3.05) is 47.5 Å². The molecule has 0 spiro atoms. The summed E-state index contributed by atoms with van der Waals surface area (Å²) in [5, 5.41) is 0. The molecule has 0 saturated heterocycles. The van der Waals surface area contributed by atoms with Gasteiger partial charge in [0.25, 0.3) is 0 Å². The minimum Gasteiger partial charge on any atom is -0.462 e. The smallest absolute Gasteiger partial charge is 0.462 e. The maximum atomic E-state index is 12.8. The molecule has 0 radical (unpaired) electrons. The number of quaternary nitrogens is 1. The lowest BCUT2D eigenvalue weighted by atomic mass is 10.0. The molecule has 0 aliphatic carbocycles. The lowest BCUT2D eigenvalue weighted by Crippen LogP contribution is -2.37. The summed E-state index contributed by atoms with van der Waals surface area (Å²) in [5.41, 5.74) is 0. The number of hydrogen-bond acceptors (Lipinski definition) is 7. The number of allylic oxidation sites excluding steroid dienone is 4. The molecule has 0 bridgehead atoms. The maximum absolute atomic E-state index is 12.8. The van der Waals surface area contributed by atoms with Crippen LogP contribution in [0.15, 0.2) is 24.3 Å². The Balaban J connectivity index is 4.16. The molecule has 0 amide bonds. The van der Waals surface area contributed by atoms with E-state index < -0.39 is 26.5 Å². The van der Waals surface area contributed by atoms with Gasteiger partial charge in [-0.05, 0) is 64.2 Å². The fourth-order valence-electron chi connectivity index (χ4n) is 7.89. The van der Waals surface area contributed by atoms with E-state index >= 15 is 0 Å². The van der Waals surface area contributed by atoms with Crippen LogP contribution in [-0.4, -0.2) is 74.9 Å². The molecule has 0 aromatic carbocycles. The molecule has 0 heterocycles. The highest BCUT2D eigenvalue weighted by Gasteiger charge is 2.27. The summed E-state index contributed by atoms with van der Waals surface area (Å²) in [6.45, 7) is 4.45. The number of esters is 2. The van der Waals surface area contributed by atoms with Crippen LogP contribution in [0.2, 0.25) is 0 Å². The summed E-state index contributed by atoms with van der Waals surface area (Å²) in [6, 6.07) is 0. The molecule has 1 N–H and O–H groups in total. The van der Waals surface area contributed by atoms with Gasteiger partial charge in [-0.15, -0.1) is 0 Å². The van der Waals surface area contributed by atoms with Crippen LogP contribution in [0.25, 0.3) is 0 Å². The summed E-state index contributed by atoms with van der Waals surface area (Å²) in [4.78, 5) is 35.6. The van der Waals surface area contributed by atoms with E-state index in [4.69, 9.17) is 18.5 Å². The number of hydrogen-bond donors (Lipinski definition) is 1. The first-order valence-electron chi connectivity index (χ1n) is 27.6. The molecular formula is C55H107NO8P+. The van der Waals surface area contributed by atoms with Crippen LogP contribution in [0, 0.1) is 0 Å². The number of ether oxygens (including phenoxy) is 2. The fourth-order valence-corrected chi connectivity index (χ4v) is 8.63. The quantitative estimate of drug-likeness (QED) is 0.0211. The van der Waals surface area contributed by atoms with Crippen LogP contribution in [0.5, 0.6) is 0 Å². The van der Waals surface area contributed by atoms with Crippen molar-refractivity contribution in [3.8, 4) is 0 Å². The Kier molecular flexibility index (Phi) is 46.4. The zero-order valence-electron chi connectivity index (χ0n) is 43.5. The first kappa shape index (κ1) is 63.5. The van der Waals surface area contributed by atoms with Crippen molar-refractivity contribution in [2.45, 2.75) is 270 Å². The zero-order valence-corrected chi connectivity index (χ0v) is 44.4. The van der Waals surface area contributed by atoms with E-state index in [0.29, 0.717) is 17.4 Å². The van der Waals surface area contributed by atoms with E-state index in [2.05, 4.69) is 38.2 Å². The standard InChI is InChI=1S/C55H106NO8P/c1-6-8-10-12-14-16-18-20-22-24-25-26-27-28-29-30-31-32-34-36-38-40-42-44-46-48-55(58)64-53(52-63-65(59,60)62-50-49-56(3,4)5)51-61-54(57)47-45-43-41-39-37-35-33-23-21-19-17-15-13-11-9-7-2/h23-25,33,53H,6-22,26-32,34-52H2,1-5H3/p+1/b25-24-,33-23-. The van der Waals surface area contributed by atoms with Gasteiger partial charge in [0.1, 0.15) is 19.8 Å². The van der Waals surface area contributed by atoms with Gasteiger partial charge in [0.15, 0.2) is 6.10 Å². The van der Waals surface area contributed by atoms with Crippen molar-refractivity contribution in [2.24, 2.45) is 0 Å². The molecule has 0 fully saturated rings. The van der Waals surface area contributed by atoms with Crippen molar-refractivity contribution in [1.82, 2.24) is 0 Å². The lowest BCUT2D eigenvalue weighted by Gasteiger charge is -2.24. The fraction of sp³-hybridized carbons (Fsp3) is 0.891. The molecule has 2 unspecified atom stereocenters. The third kappa shape index (κ3) is 51.7. The molecule has 0 aromatic heterocycles. The predicted molar refractivity (Wildman–Crippen MR) is 275 cm³/mol. The summed E-state index contributed by atoms with van der Waals surface area (Å²) in [7, 11) is 1.48. The molecule has 65 heavy (non-hydrogen) atoms. The Hall–Kier alpha value is -1.51. The molecule has 10 heteroatoms. The number of rotatable bonds is 51. The van der Waals surface area contributed by atoms with Crippen molar-refractivity contribution < 1.29 is 42.1 Å². The Morgan fingerprint density at radius 1 is 0.462 bits per heavy atom. The van der Waals surface area contributed by atoms with E-state index in [1.54, 1.807) is 0 Å². The summed E-state index contributed by atoms with van der Waals surface area (Å²) < 4.78 is 34.5. The molecular weight excluding hydrogens is 834 g/mol. The van der Waals surface area contributed by atoms with Crippen LogP contribution in [-0.2, 0) is 32.7 Å². The third-order valence-electron chi connectivity index (χ3n) is 12.2. The third-order valence-corrected chi connectivity index (χ3v) is 13.2. The minimum absolute atomic E-state index is 0.0324. The van der Waals surface area contributed by atoms with Crippen LogP contribution in [0.1, 0.15) is 264 Å². The van der Waals surface area contributed by atoms with E-state index in [1.165, 1.54) is 180 Å². The SMILES string of the molecule is CCCCCCCCC/C=C\CCCCCCCC(=O)OCC(COP(=O)(O)OCC[N+](C)(C)C)OC(=O)CCCCCCCCCCCCCCC/C=C\CCCCCCCCCC. The highest BCUT2D eigenvalue weighted by Crippen LogP contribution is 2.43. The molecule has 0 aliphatic heterocycles. The van der Waals surface area contributed by atoms with Gasteiger partial charge in [0, 0.05) is 12.8 Å². The molecule has 9 nitrogen and oxygen atoms in total. The van der Waals surface area contributed by atoms with E-state index in [1.807, 2.05) is 21.1 Å². The second kappa shape index (κ2) is 47.6. The number of nitrogens with zero attached hydrogens (tertiary/aromatic N) is 1. The largest absolute Gasteiger partial charge is 0.472 e. The van der Waals surface area contributed by atoms with Crippen molar-refractivity contribution in [3.63, 3.8) is 0 Å². The normalized spacial score (nSPS) is 13.5. The first-order chi connectivity index (χ1) is 31.5. The van der Waals surface area contributed by atoms with Gasteiger partial charge in [0.05, 0.1) is 27.7 Å². The topological polar surface area (TPSA) is 108 Å². The number of unbranched alkanes of at least 4 members (excludes halogenated alkanes) is 33. The van der Waals surface area contributed by atoms with E-state index in [-0.39, 0.29) is 32.0 Å². The van der Waals surface area contributed by atoms with Crippen molar-refractivity contribution >= 4 is 19.8 Å². The Morgan fingerprint density at radius 2 is 0.785 bits per heavy atom. The summed E-state index contributed by atoms with van der Waals surface area (Å²) in [5.74, 6) is -0.796. The Bertz CT molecular complexity index is 1150. The van der Waals surface area contributed by atoms with Crippen LogP contribution >= 0.6 is 7.82 Å². The van der Waals surface area contributed by atoms with Gasteiger partial charge < -0.3 is 18.9 Å². The van der Waals surface area contributed by atoms with Gasteiger partial charge in [-0.3, -0.25) is 18.6 Å². The molecule has 0 aromatic rings. The molecule has 0 saturated carbocycles. The molecule has 0 rings (SSSR count). The van der Waals surface area contributed by atoms with E-state index in [0.717, 1.165) is 51.4 Å². The second-order valence-corrected chi connectivity index (χ2v) is 21.4. The van der Waals surface area contributed by atoms with Gasteiger partial charge >= 0.3 is 19.8 Å². The summed E-state index contributed by atoms with van der Waals surface area (Å²) in [6.07, 6.45) is 55.2. The molecule has 384 valence electrons. The van der Waals surface area contributed by atoms with Gasteiger partial charge in [-0.2, -0.15) is 0 Å². The number of carbonyl (C=O) groups excluding carboxylic acids is 2. The van der Waals surface area contributed by atoms with Gasteiger partial charge in [-0.25, -0.2) is 4.57 Å². The highest BCUT2D eigenvalue weighted by atomic mass is 31.2. The molecule has 0 aliphatic rings. The Labute approximate surface area is 402 Å². The second-order valence-electron chi connectivity index (χ2n) is 20.0. The lowest BCUT2D eigenvalue weighted by molar-refractivity contribution is -0.870. The van der Waals surface area contributed by atoms with Gasteiger partial charge in [0.2, 0.25) is 0 Å². The average Bonchev–Trinajstić information content (AvgIpc) is 3.26. The average molecular weight is 941 g/mol. The first-order valence-corrected chi connectivity index (χ1v) is 29.1. The Morgan fingerprint density at radius 3 is 1.14 bits per heavy atom. The van der Waals surface area contributed by atoms with Crippen LogP contribution < -0.4 is 0 Å². The predicted octanol–water partition coefficient (Wildman–Crippen LogP) is 16.6. The monoisotopic (exact) mass is 941 g/mol. The maximum Gasteiger partial charge on any atom is 0.472 e. The number of phosphoric ester groups is 1.